The van der Waals surface area contributed by atoms with Crippen LogP contribution in [-0.4, -0.2) is 49.1 Å². The van der Waals surface area contributed by atoms with Crippen LogP contribution in [0.3, 0.4) is 0 Å². The summed E-state index contributed by atoms with van der Waals surface area (Å²) >= 11 is 0. The molecule has 0 radical (unpaired) electrons. The second kappa shape index (κ2) is 9.85. The molecule has 0 unspecified atom stereocenters. The molecule has 3 N–H and O–H groups in total. The molecule has 2 aromatic carbocycles. The summed E-state index contributed by atoms with van der Waals surface area (Å²) < 4.78 is 0. The Kier molecular flexibility index (Phi) is 7.52. The number of likely N-dealkylation sites (N-methyl/N-ethyl adjacent to an activating group) is 2. The number of carbonyl (C=O) groups is 2. The molecular formula is C21H27N3O3. The number of aryl methyl sites for hydroxylation is 1. The summed E-state index contributed by atoms with van der Waals surface area (Å²) in [6, 6.07) is 16.0. The highest BCUT2D eigenvalue weighted by molar-refractivity contribution is 5.81. The minimum atomic E-state index is -0.387. The minimum absolute atomic E-state index is 0.0621. The molecule has 144 valence electrons. The normalized spacial score (nSPS) is 11.7. The number of hydrogen-bond donors (Lipinski definition) is 3. The van der Waals surface area contributed by atoms with Gasteiger partial charge < -0.3 is 10.2 Å². The van der Waals surface area contributed by atoms with Crippen molar-refractivity contribution in [2.45, 2.75) is 25.3 Å². The monoisotopic (exact) mass is 369 g/mol. The van der Waals surface area contributed by atoms with E-state index in [9.17, 15) is 9.59 Å². The first-order valence-electron chi connectivity index (χ1n) is 8.94. The molecule has 1 atom stereocenters. The highest BCUT2D eigenvalue weighted by Crippen LogP contribution is 2.21. The van der Waals surface area contributed by atoms with Crippen molar-refractivity contribution in [2.75, 3.05) is 21.1 Å². The van der Waals surface area contributed by atoms with Gasteiger partial charge in [-0.1, -0.05) is 48.5 Å². The molecule has 0 spiro atoms. The first kappa shape index (κ1) is 20.6. The Morgan fingerprint density at radius 2 is 1.48 bits per heavy atom. The van der Waals surface area contributed by atoms with Crippen LogP contribution >= 0.6 is 0 Å². The van der Waals surface area contributed by atoms with Crippen LogP contribution in [0, 0.1) is 0 Å². The second-order valence-electron chi connectivity index (χ2n) is 6.71. The highest BCUT2D eigenvalue weighted by atomic mass is 16.5. The molecule has 0 aromatic heterocycles. The predicted octanol–water partition coefficient (Wildman–Crippen LogP) is 2.01. The SMILES string of the molecule is CN[C@@H](Cc1ccc(-c2ccc(CCC(=O)NO)cc2)cc1)C(=O)N(C)C. The Morgan fingerprint density at radius 1 is 0.963 bits per heavy atom. The smallest absolute Gasteiger partial charge is 0.243 e. The van der Waals surface area contributed by atoms with Crippen LogP contribution in [0.4, 0.5) is 0 Å². The van der Waals surface area contributed by atoms with Crippen molar-refractivity contribution >= 4 is 11.8 Å². The van der Waals surface area contributed by atoms with Gasteiger partial charge in [-0.3, -0.25) is 14.8 Å². The molecule has 6 heteroatoms. The maximum Gasteiger partial charge on any atom is 0.243 e. The minimum Gasteiger partial charge on any atom is -0.347 e. The van der Waals surface area contributed by atoms with Gasteiger partial charge in [0.15, 0.2) is 0 Å². The summed E-state index contributed by atoms with van der Waals surface area (Å²) in [5.74, 6) is -0.325. The van der Waals surface area contributed by atoms with E-state index in [2.05, 4.69) is 17.4 Å². The van der Waals surface area contributed by atoms with Gasteiger partial charge in [0.1, 0.15) is 0 Å². The van der Waals surface area contributed by atoms with Crippen molar-refractivity contribution in [1.29, 1.82) is 0 Å². The Morgan fingerprint density at radius 3 is 1.93 bits per heavy atom. The summed E-state index contributed by atoms with van der Waals surface area (Å²) in [7, 11) is 5.32. The van der Waals surface area contributed by atoms with Crippen molar-refractivity contribution in [3.8, 4) is 11.1 Å². The summed E-state index contributed by atoms with van der Waals surface area (Å²) in [4.78, 5) is 24.8. The van der Waals surface area contributed by atoms with Crippen molar-refractivity contribution in [3.05, 3.63) is 59.7 Å². The van der Waals surface area contributed by atoms with Gasteiger partial charge in [0.05, 0.1) is 6.04 Å². The van der Waals surface area contributed by atoms with E-state index in [4.69, 9.17) is 5.21 Å². The Hall–Kier alpha value is -2.70. The lowest BCUT2D eigenvalue weighted by atomic mass is 9.99. The molecule has 0 fully saturated rings. The van der Waals surface area contributed by atoms with Gasteiger partial charge in [-0.05, 0) is 42.1 Å². The van der Waals surface area contributed by atoms with Crippen LogP contribution in [0.1, 0.15) is 17.5 Å². The average molecular weight is 369 g/mol. The van der Waals surface area contributed by atoms with E-state index in [0.717, 1.165) is 22.3 Å². The maximum absolute atomic E-state index is 12.1. The van der Waals surface area contributed by atoms with Crippen LogP contribution < -0.4 is 10.8 Å². The van der Waals surface area contributed by atoms with Crippen LogP contribution in [0.5, 0.6) is 0 Å². The number of nitrogens with zero attached hydrogens (tertiary/aromatic N) is 1. The molecule has 0 heterocycles. The third-order valence-electron chi connectivity index (χ3n) is 4.53. The Labute approximate surface area is 160 Å². The maximum atomic E-state index is 12.1. The average Bonchev–Trinajstić information content (AvgIpc) is 2.70. The lowest BCUT2D eigenvalue weighted by Crippen LogP contribution is -2.43. The Bertz CT molecular complexity index is 755. The van der Waals surface area contributed by atoms with E-state index in [1.165, 1.54) is 0 Å². The predicted molar refractivity (Wildman–Crippen MR) is 105 cm³/mol. The quantitative estimate of drug-likeness (QED) is 0.491. The topological polar surface area (TPSA) is 81.7 Å². The van der Waals surface area contributed by atoms with Gasteiger partial charge in [0.2, 0.25) is 11.8 Å². The Balaban J connectivity index is 2.02. The number of nitrogens with one attached hydrogen (secondary N) is 2. The molecular weight excluding hydrogens is 342 g/mol. The number of amides is 2. The summed E-state index contributed by atoms with van der Waals surface area (Å²) in [6.07, 6.45) is 1.47. The second-order valence-corrected chi connectivity index (χ2v) is 6.71. The lowest BCUT2D eigenvalue weighted by molar-refractivity contribution is -0.131. The van der Waals surface area contributed by atoms with Crippen LogP contribution in [0.15, 0.2) is 48.5 Å². The molecule has 2 amide bonds. The molecule has 6 nitrogen and oxygen atoms in total. The standard InChI is InChI=1S/C21H27N3O3/c1-22-19(21(26)24(2)3)14-16-6-11-18(12-7-16)17-9-4-15(5-10-17)8-13-20(25)23-27/h4-7,9-12,19,22,27H,8,13-14H2,1-3H3,(H,23,25)/t19-/m0/s1. The molecule has 27 heavy (non-hydrogen) atoms. The zero-order valence-electron chi connectivity index (χ0n) is 16.0. The fourth-order valence-corrected chi connectivity index (χ4v) is 2.87. The van der Waals surface area contributed by atoms with E-state index >= 15 is 0 Å². The van der Waals surface area contributed by atoms with Gasteiger partial charge in [0.25, 0.3) is 0 Å². The van der Waals surface area contributed by atoms with E-state index < -0.39 is 0 Å². The van der Waals surface area contributed by atoms with Gasteiger partial charge in [-0.25, -0.2) is 5.48 Å². The summed E-state index contributed by atoms with van der Waals surface area (Å²) in [5, 5.41) is 11.6. The van der Waals surface area contributed by atoms with Crippen LogP contribution in [-0.2, 0) is 22.4 Å². The number of carbonyl (C=O) groups excluding carboxylic acids is 2. The van der Waals surface area contributed by atoms with E-state index in [-0.39, 0.29) is 24.3 Å². The van der Waals surface area contributed by atoms with E-state index in [1.807, 2.05) is 36.4 Å². The van der Waals surface area contributed by atoms with Crippen molar-refractivity contribution in [3.63, 3.8) is 0 Å². The van der Waals surface area contributed by atoms with Crippen LogP contribution in [0.25, 0.3) is 11.1 Å². The van der Waals surface area contributed by atoms with Crippen molar-refractivity contribution in [2.24, 2.45) is 0 Å². The zero-order chi connectivity index (χ0) is 19.8. The first-order valence-corrected chi connectivity index (χ1v) is 8.94. The van der Waals surface area contributed by atoms with Gasteiger partial charge in [-0.15, -0.1) is 0 Å². The van der Waals surface area contributed by atoms with Crippen molar-refractivity contribution < 1.29 is 14.8 Å². The van der Waals surface area contributed by atoms with Gasteiger partial charge in [0, 0.05) is 20.5 Å². The molecule has 0 saturated carbocycles. The zero-order valence-corrected chi connectivity index (χ0v) is 16.0. The number of rotatable bonds is 8. The third kappa shape index (κ3) is 5.91. The molecule has 0 aliphatic rings. The molecule has 0 aliphatic carbocycles. The number of hydroxylamine groups is 1. The van der Waals surface area contributed by atoms with Gasteiger partial charge in [-0.2, -0.15) is 0 Å². The first-order chi connectivity index (χ1) is 12.9. The number of benzene rings is 2. The summed E-state index contributed by atoms with van der Waals surface area (Å²) in [5.41, 5.74) is 5.96. The molecule has 0 saturated heterocycles. The fourth-order valence-electron chi connectivity index (χ4n) is 2.87. The molecule has 0 bridgehead atoms. The molecule has 2 aromatic rings. The molecule has 0 aliphatic heterocycles. The largest absolute Gasteiger partial charge is 0.347 e. The van der Waals surface area contributed by atoms with E-state index in [0.29, 0.717) is 12.8 Å². The number of hydrogen-bond acceptors (Lipinski definition) is 4. The third-order valence-corrected chi connectivity index (χ3v) is 4.53. The fraction of sp³-hybridized carbons (Fsp3) is 0.333. The highest BCUT2D eigenvalue weighted by Gasteiger charge is 2.18. The summed E-state index contributed by atoms with van der Waals surface area (Å²) in [6.45, 7) is 0. The molecule has 2 rings (SSSR count). The van der Waals surface area contributed by atoms with Crippen molar-refractivity contribution in [1.82, 2.24) is 15.7 Å². The van der Waals surface area contributed by atoms with Crippen LogP contribution in [0.2, 0.25) is 0 Å². The lowest BCUT2D eigenvalue weighted by Gasteiger charge is -2.20. The van der Waals surface area contributed by atoms with E-state index in [1.54, 1.807) is 31.5 Å². The van der Waals surface area contributed by atoms with Gasteiger partial charge >= 0.3 is 0 Å².